The van der Waals surface area contributed by atoms with Gasteiger partial charge in [-0.3, -0.25) is 4.79 Å². The zero-order valence-corrected chi connectivity index (χ0v) is 11.1. The van der Waals surface area contributed by atoms with E-state index in [1.165, 1.54) is 36.0 Å². The lowest BCUT2D eigenvalue weighted by Crippen LogP contribution is -2.09. The summed E-state index contributed by atoms with van der Waals surface area (Å²) in [6.07, 6.45) is 7.17. The maximum Gasteiger partial charge on any atom is 0.303 e. The van der Waals surface area contributed by atoms with Crippen molar-refractivity contribution in [1.29, 1.82) is 0 Å². The molecule has 1 aliphatic rings. The summed E-state index contributed by atoms with van der Waals surface area (Å²) in [5.41, 5.74) is 4.14. The molecule has 1 aromatic carbocycles. The molecule has 1 unspecified atom stereocenters. The first kappa shape index (κ1) is 13.1. The van der Waals surface area contributed by atoms with Gasteiger partial charge in [0.2, 0.25) is 0 Å². The molecule has 0 bridgehead atoms. The van der Waals surface area contributed by atoms with Crippen molar-refractivity contribution >= 4 is 5.97 Å². The second-order valence-electron chi connectivity index (χ2n) is 5.32. The van der Waals surface area contributed by atoms with E-state index >= 15 is 0 Å². The van der Waals surface area contributed by atoms with Crippen LogP contribution in [-0.2, 0) is 17.6 Å². The molecule has 2 rings (SSSR count). The van der Waals surface area contributed by atoms with E-state index in [2.05, 4.69) is 25.1 Å². The SMILES string of the molecule is CCCC(CC(=O)O)c1ccc2c(c1)CCCC2. The number of carbonyl (C=O) groups is 1. The van der Waals surface area contributed by atoms with Crippen molar-refractivity contribution in [2.24, 2.45) is 0 Å². The first-order chi connectivity index (χ1) is 8.70. The third-order valence-electron chi connectivity index (χ3n) is 3.90. The molecule has 0 fully saturated rings. The molecule has 0 saturated carbocycles. The Morgan fingerprint density at radius 1 is 1.28 bits per heavy atom. The van der Waals surface area contributed by atoms with Gasteiger partial charge in [0.25, 0.3) is 0 Å². The number of rotatable bonds is 5. The number of hydrogen-bond acceptors (Lipinski definition) is 1. The van der Waals surface area contributed by atoms with Gasteiger partial charge >= 0.3 is 5.97 Å². The minimum absolute atomic E-state index is 0.180. The van der Waals surface area contributed by atoms with Gasteiger partial charge in [-0.15, -0.1) is 0 Å². The van der Waals surface area contributed by atoms with Gasteiger partial charge in [-0.05, 0) is 54.7 Å². The number of fused-ring (bicyclic) bond motifs is 1. The van der Waals surface area contributed by atoms with Crippen molar-refractivity contribution in [3.8, 4) is 0 Å². The quantitative estimate of drug-likeness (QED) is 0.854. The molecule has 0 aliphatic heterocycles. The highest BCUT2D eigenvalue weighted by Crippen LogP contribution is 2.29. The molecule has 0 radical (unpaired) electrons. The van der Waals surface area contributed by atoms with E-state index in [0.29, 0.717) is 0 Å². The first-order valence-corrected chi connectivity index (χ1v) is 7.04. The number of benzene rings is 1. The van der Waals surface area contributed by atoms with Crippen LogP contribution in [0.4, 0.5) is 0 Å². The molecular formula is C16H22O2. The van der Waals surface area contributed by atoms with Crippen molar-refractivity contribution in [3.63, 3.8) is 0 Å². The summed E-state index contributed by atoms with van der Waals surface area (Å²) in [6.45, 7) is 2.12. The molecule has 0 saturated heterocycles. The van der Waals surface area contributed by atoms with Crippen LogP contribution in [0.25, 0.3) is 0 Å². The van der Waals surface area contributed by atoms with E-state index in [4.69, 9.17) is 5.11 Å². The van der Waals surface area contributed by atoms with Crippen molar-refractivity contribution < 1.29 is 9.90 Å². The maximum absolute atomic E-state index is 10.9. The maximum atomic E-state index is 10.9. The fraction of sp³-hybridized carbons (Fsp3) is 0.562. The Hall–Kier alpha value is -1.31. The van der Waals surface area contributed by atoms with Gasteiger partial charge in [0.1, 0.15) is 0 Å². The second-order valence-corrected chi connectivity index (χ2v) is 5.32. The zero-order chi connectivity index (χ0) is 13.0. The van der Waals surface area contributed by atoms with E-state index in [-0.39, 0.29) is 12.3 Å². The van der Waals surface area contributed by atoms with Crippen LogP contribution in [0.2, 0.25) is 0 Å². The molecule has 0 heterocycles. The Balaban J connectivity index is 2.21. The van der Waals surface area contributed by atoms with E-state index in [1.807, 2.05) is 0 Å². The third kappa shape index (κ3) is 3.12. The summed E-state index contributed by atoms with van der Waals surface area (Å²) in [5.74, 6) is -0.508. The van der Waals surface area contributed by atoms with Crippen LogP contribution in [0.3, 0.4) is 0 Å². The molecule has 98 valence electrons. The average molecular weight is 246 g/mol. The lowest BCUT2D eigenvalue weighted by molar-refractivity contribution is -0.137. The van der Waals surface area contributed by atoms with Crippen molar-refractivity contribution in [1.82, 2.24) is 0 Å². The van der Waals surface area contributed by atoms with Gasteiger partial charge in [-0.25, -0.2) is 0 Å². The Kier molecular flexibility index (Phi) is 4.40. The highest BCUT2D eigenvalue weighted by molar-refractivity contribution is 5.68. The molecular weight excluding hydrogens is 224 g/mol. The Bertz CT molecular complexity index is 423. The van der Waals surface area contributed by atoms with E-state index in [9.17, 15) is 4.79 Å². The predicted octanol–water partition coefficient (Wildman–Crippen LogP) is 3.92. The Morgan fingerprint density at radius 2 is 2.00 bits per heavy atom. The van der Waals surface area contributed by atoms with E-state index < -0.39 is 5.97 Å². The van der Waals surface area contributed by atoms with Gasteiger partial charge in [0.05, 0.1) is 6.42 Å². The first-order valence-electron chi connectivity index (χ1n) is 7.04. The lowest BCUT2D eigenvalue weighted by atomic mass is 9.85. The average Bonchev–Trinajstić information content (AvgIpc) is 2.37. The van der Waals surface area contributed by atoms with Gasteiger partial charge in [0, 0.05) is 0 Å². The molecule has 1 aromatic rings. The molecule has 2 nitrogen and oxygen atoms in total. The van der Waals surface area contributed by atoms with Crippen molar-refractivity contribution in [3.05, 3.63) is 34.9 Å². The van der Waals surface area contributed by atoms with Crippen LogP contribution in [0, 0.1) is 0 Å². The van der Waals surface area contributed by atoms with E-state index in [0.717, 1.165) is 19.3 Å². The summed E-state index contributed by atoms with van der Waals surface area (Å²) < 4.78 is 0. The highest BCUT2D eigenvalue weighted by atomic mass is 16.4. The molecule has 1 aliphatic carbocycles. The largest absolute Gasteiger partial charge is 0.481 e. The van der Waals surface area contributed by atoms with Gasteiger partial charge in [-0.2, -0.15) is 0 Å². The topological polar surface area (TPSA) is 37.3 Å². The van der Waals surface area contributed by atoms with Crippen molar-refractivity contribution in [2.45, 2.75) is 57.8 Å². The molecule has 0 spiro atoms. The monoisotopic (exact) mass is 246 g/mol. The van der Waals surface area contributed by atoms with Crippen LogP contribution < -0.4 is 0 Å². The van der Waals surface area contributed by atoms with Gasteiger partial charge < -0.3 is 5.11 Å². The van der Waals surface area contributed by atoms with Gasteiger partial charge in [-0.1, -0.05) is 31.5 Å². The smallest absolute Gasteiger partial charge is 0.303 e. The minimum atomic E-state index is -0.689. The molecule has 2 heteroatoms. The van der Waals surface area contributed by atoms with E-state index in [1.54, 1.807) is 0 Å². The van der Waals surface area contributed by atoms with Gasteiger partial charge in [0.15, 0.2) is 0 Å². The normalized spacial score (nSPS) is 16.1. The fourth-order valence-electron chi connectivity index (χ4n) is 2.95. The van der Waals surface area contributed by atoms with Crippen LogP contribution in [0.15, 0.2) is 18.2 Å². The Labute approximate surface area is 109 Å². The molecule has 1 atom stereocenters. The molecule has 0 amide bonds. The van der Waals surface area contributed by atoms with Crippen molar-refractivity contribution in [2.75, 3.05) is 0 Å². The number of carboxylic acids is 1. The summed E-state index contributed by atoms with van der Waals surface area (Å²) in [6, 6.07) is 6.62. The minimum Gasteiger partial charge on any atom is -0.481 e. The van der Waals surface area contributed by atoms with Crippen LogP contribution in [0.5, 0.6) is 0 Å². The van der Waals surface area contributed by atoms with Crippen LogP contribution >= 0.6 is 0 Å². The number of carboxylic acid groups (broad SMARTS) is 1. The number of aryl methyl sites for hydroxylation is 2. The lowest BCUT2D eigenvalue weighted by Gasteiger charge is -2.20. The zero-order valence-electron chi connectivity index (χ0n) is 11.1. The number of aliphatic carboxylic acids is 1. The standard InChI is InChI=1S/C16H22O2/c1-2-5-13(11-16(17)18)15-9-8-12-6-3-4-7-14(12)10-15/h8-10,13H,2-7,11H2,1H3,(H,17,18). The predicted molar refractivity (Wildman–Crippen MR) is 73.0 cm³/mol. The highest BCUT2D eigenvalue weighted by Gasteiger charge is 2.17. The molecule has 0 aromatic heterocycles. The summed E-state index contributed by atoms with van der Waals surface area (Å²) in [5, 5.41) is 9.01. The van der Waals surface area contributed by atoms with Crippen LogP contribution in [0.1, 0.15) is 61.6 Å². The molecule has 18 heavy (non-hydrogen) atoms. The van der Waals surface area contributed by atoms with Crippen LogP contribution in [-0.4, -0.2) is 11.1 Å². The fourth-order valence-corrected chi connectivity index (χ4v) is 2.95. The number of hydrogen-bond donors (Lipinski definition) is 1. The summed E-state index contributed by atoms with van der Waals surface area (Å²) in [4.78, 5) is 10.9. The summed E-state index contributed by atoms with van der Waals surface area (Å²) in [7, 11) is 0. The Morgan fingerprint density at radius 3 is 2.67 bits per heavy atom. The molecule has 1 N–H and O–H groups in total. The second kappa shape index (κ2) is 6.03. The third-order valence-corrected chi connectivity index (χ3v) is 3.90. The summed E-state index contributed by atoms with van der Waals surface area (Å²) >= 11 is 0.